The number of nitrogens with zero attached hydrogens (tertiary/aromatic N) is 4. The number of halogens is 1. The van der Waals surface area contributed by atoms with Gasteiger partial charge in [-0.1, -0.05) is 19.3 Å². The Morgan fingerprint density at radius 2 is 1.92 bits per heavy atom. The molecule has 1 aliphatic carbocycles. The molecule has 0 aromatic heterocycles. The molecule has 7 heteroatoms. The van der Waals surface area contributed by atoms with E-state index in [1.807, 2.05) is 0 Å². The highest BCUT2D eigenvalue weighted by molar-refractivity contribution is 14.0. The fraction of sp³-hybridized carbons (Fsp3) is 0.947. The van der Waals surface area contributed by atoms with Crippen LogP contribution in [-0.4, -0.2) is 97.1 Å². The van der Waals surface area contributed by atoms with E-state index in [1.54, 1.807) is 0 Å². The zero-order valence-corrected chi connectivity index (χ0v) is 20.0. The van der Waals surface area contributed by atoms with Gasteiger partial charge >= 0.3 is 0 Å². The minimum atomic E-state index is 0. The number of rotatable bonds is 3. The molecule has 2 heterocycles. The molecule has 0 amide bonds. The molecule has 2 aliphatic heterocycles. The number of aliphatic imine (C=N–C) groups is 1. The summed E-state index contributed by atoms with van der Waals surface area (Å²) in [5, 5.41) is 3.57. The van der Waals surface area contributed by atoms with E-state index in [9.17, 15) is 0 Å². The van der Waals surface area contributed by atoms with Crippen LogP contribution in [0.5, 0.6) is 0 Å². The Morgan fingerprint density at radius 3 is 2.65 bits per heavy atom. The summed E-state index contributed by atoms with van der Waals surface area (Å²) in [5.74, 6) is 2.39. The molecule has 1 atom stereocenters. The molecule has 0 aromatic rings. The second-order valence-corrected chi connectivity index (χ2v) is 9.67. The third kappa shape index (κ3) is 5.88. The molecule has 0 aromatic carbocycles. The lowest BCUT2D eigenvalue weighted by atomic mass is 9.87. The summed E-state index contributed by atoms with van der Waals surface area (Å²) in [5.41, 5.74) is 0. The van der Waals surface area contributed by atoms with Gasteiger partial charge in [-0.05, 0) is 33.9 Å². The lowest BCUT2D eigenvalue weighted by molar-refractivity contribution is 0.119. The number of piperazine rings is 1. The van der Waals surface area contributed by atoms with Gasteiger partial charge in [0.2, 0.25) is 0 Å². The van der Waals surface area contributed by atoms with Crippen LogP contribution in [0.4, 0.5) is 0 Å². The molecule has 1 unspecified atom stereocenters. The van der Waals surface area contributed by atoms with Crippen molar-refractivity contribution in [1.29, 1.82) is 0 Å². The van der Waals surface area contributed by atoms with Crippen molar-refractivity contribution in [3.05, 3.63) is 0 Å². The first-order valence-corrected chi connectivity index (χ1v) is 11.2. The van der Waals surface area contributed by atoms with E-state index in [-0.39, 0.29) is 24.0 Å². The topological polar surface area (TPSA) is 34.1 Å². The van der Waals surface area contributed by atoms with Crippen LogP contribution < -0.4 is 5.32 Å². The molecule has 3 fully saturated rings. The summed E-state index contributed by atoms with van der Waals surface area (Å²) < 4.78 is 0.495. The lowest BCUT2D eigenvalue weighted by Crippen LogP contribution is -2.54. The molecular weight excluding hydrogens is 457 g/mol. The molecule has 0 radical (unpaired) electrons. The van der Waals surface area contributed by atoms with E-state index >= 15 is 0 Å². The Balaban J connectivity index is 0.00000243. The van der Waals surface area contributed by atoms with Gasteiger partial charge in [0.25, 0.3) is 0 Å². The first-order chi connectivity index (χ1) is 12.1. The Labute approximate surface area is 181 Å². The van der Waals surface area contributed by atoms with Crippen LogP contribution in [0.1, 0.15) is 39.0 Å². The zero-order chi connectivity index (χ0) is 17.7. The summed E-state index contributed by atoms with van der Waals surface area (Å²) in [6.45, 7) is 9.81. The van der Waals surface area contributed by atoms with E-state index in [2.05, 4.69) is 52.8 Å². The van der Waals surface area contributed by atoms with Gasteiger partial charge in [0.1, 0.15) is 0 Å². The summed E-state index contributed by atoms with van der Waals surface area (Å²) in [7, 11) is 4.47. The fourth-order valence-corrected chi connectivity index (χ4v) is 6.01. The lowest BCUT2D eigenvalue weighted by Gasteiger charge is -2.45. The Kier molecular flexibility index (Phi) is 9.30. The molecule has 3 rings (SSSR count). The van der Waals surface area contributed by atoms with E-state index in [1.165, 1.54) is 50.9 Å². The van der Waals surface area contributed by atoms with E-state index in [0.717, 1.165) is 38.7 Å². The molecule has 152 valence electrons. The van der Waals surface area contributed by atoms with Crippen LogP contribution in [-0.2, 0) is 0 Å². The quantitative estimate of drug-likeness (QED) is 0.370. The van der Waals surface area contributed by atoms with Crippen molar-refractivity contribution < 1.29 is 0 Å². The maximum atomic E-state index is 5.08. The van der Waals surface area contributed by atoms with Crippen molar-refractivity contribution in [2.45, 2.75) is 49.8 Å². The van der Waals surface area contributed by atoms with Crippen molar-refractivity contribution >= 4 is 41.7 Å². The average Bonchev–Trinajstić information content (AvgIpc) is 2.62. The van der Waals surface area contributed by atoms with Gasteiger partial charge in [-0.25, -0.2) is 0 Å². The maximum absolute atomic E-state index is 5.08. The third-order valence-corrected chi connectivity index (χ3v) is 7.62. The van der Waals surface area contributed by atoms with E-state index < -0.39 is 0 Å². The number of hydrogen-bond acceptors (Lipinski definition) is 4. The minimum Gasteiger partial charge on any atom is -0.357 e. The van der Waals surface area contributed by atoms with Gasteiger partial charge in [0.15, 0.2) is 5.96 Å². The Bertz CT molecular complexity index is 450. The van der Waals surface area contributed by atoms with Crippen molar-refractivity contribution in [2.75, 3.05) is 65.7 Å². The Hall–Kier alpha value is 0.270. The van der Waals surface area contributed by atoms with E-state index in [4.69, 9.17) is 4.99 Å². The van der Waals surface area contributed by atoms with Crippen LogP contribution in [0, 0.1) is 0 Å². The molecule has 5 nitrogen and oxygen atoms in total. The molecule has 26 heavy (non-hydrogen) atoms. The fourth-order valence-electron chi connectivity index (χ4n) is 4.44. The standard InChI is InChI=1S/C19H37N5S.HI/c1-4-20-18(21-14-17-15-22(2)10-11-23(17)3)24-12-13-25-19(16-24)8-6-5-7-9-19;/h17H,4-16H2,1-3H3,(H,20,21);1H. The summed E-state index contributed by atoms with van der Waals surface area (Å²) in [6, 6.07) is 0.537. The predicted octanol–water partition coefficient (Wildman–Crippen LogP) is 2.57. The molecule has 1 N–H and O–H groups in total. The molecule has 3 aliphatic rings. The highest BCUT2D eigenvalue weighted by Crippen LogP contribution is 2.42. The normalized spacial score (nSPS) is 28.0. The largest absolute Gasteiger partial charge is 0.357 e. The molecule has 0 bridgehead atoms. The van der Waals surface area contributed by atoms with Crippen molar-refractivity contribution in [2.24, 2.45) is 4.99 Å². The molecule has 2 saturated heterocycles. The smallest absolute Gasteiger partial charge is 0.194 e. The van der Waals surface area contributed by atoms with Gasteiger partial charge < -0.3 is 15.1 Å². The monoisotopic (exact) mass is 495 g/mol. The van der Waals surface area contributed by atoms with Crippen molar-refractivity contribution in [1.82, 2.24) is 20.0 Å². The number of likely N-dealkylation sites (N-methyl/N-ethyl adjacent to an activating group) is 2. The number of thioether (sulfide) groups is 1. The second kappa shape index (κ2) is 10.7. The summed E-state index contributed by atoms with van der Waals surface area (Å²) >= 11 is 2.23. The third-order valence-electron chi connectivity index (χ3n) is 6.08. The first kappa shape index (κ1) is 22.6. The van der Waals surface area contributed by atoms with Gasteiger partial charge in [-0.3, -0.25) is 9.89 Å². The number of hydrogen-bond donors (Lipinski definition) is 1. The van der Waals surface area contributed by atoms with Crippen molar-refractivity contribution in [3.63, 3.8) is 0 Å². The predicted molar refractivity (Wildman–Crippen MR) is 125 cm³/mol. The first-order valence-electron chi connectivity index (χ1n) is 10.2. The van der Waals surface area contributed by atoms with Crippen molar-refractivity contribution in [3.8, 4) is 0 Å². The van der Waals surface area contributed by atoms with Gasteiger partial charge in [0.05, 0.1) is 6.54 Å². The minimum absolute atomic E-state index is 0. The van der Waals surface area contributed by atoms with Gasteiger partial charge in [-0.15, -0.1) is 24.0 Å². The van der Waals surface area contributed by atoms with Gasteiger partial charge in [-0.2, -0.15) is 11.8 Å². The highest BCUT2D eigenvalue weighted by Gasteiger charge is 2.38. The molecule has 1 spiro atoms. The summed E-state index contributed by atoms with van der Waals surface area (Å²) in [4.78, 5) is 12.5. The average molecular weight is 496 g/mol. The SMILES string of the molecule is CCNC(=NCC1CN(C)CCN1C)N1CCSC2(CCCCC2)C1.I. The highest BCUT2D eigenvalue weighted by atomic mass is 127. The van der Waals surface area contributed by atoms with Crippen LogP contribution >= 0.6 is 35.7 Å². The summed E-state index contributed by atoms with van der Waals surface area (Å²) in [6.07, 6.45) is 7.03. The maximum Gasteiger partial charge on any atom is 0.194 e. The molecular formula is C19H38IN5S. The second-order valence-electron chi connectivity index (χ2n) is 8.10. The zero-order valence-electron chi connectivity index (χ0n) is 16.9. The van der Waals surface area contributed by atoms with E-state index in [0.29, 0.717) is 10.8 Å². The Morgan fingerprint density at radius 1 is 1.15 bits per heavy atom. The van der Waals surface area contributed by atoms with Crippen LogP contribution in [0.25, 0.3) is 0 Å². The van der Waals surface area contributed by atoms with Crippen LogP contribution in [0.15, 0.2) is 4.99 Å². The molecule has 1 saturated carbocycles. The van der Waals surface area contributed by atoms with Crippen LogP contribution in [0.2, 0.25) is 0 Å². The number of guanidine groups is 1. The van der Waals surface area contributed by atoms with Gasteiger partial charge in [0, 0.05) is 55.8 Å². The number of nitrogens with one attached hydrogen (secondary N) is 1. The van der Waals surface area contributed by atoms with Crippen LogP contribution in [0.3, 0.4) is 0 Å².